The molecule has 3 rings (SSSR count). The van der Waals surface area contributed by atoms with E-state index in [2.05, 4.69) is 24.1 Å². The number of aromatic nitrogens is 3. The van der Waals surface area contributed by atoms with Gasteiger partial charge in [-0.25, -0.2) is 15.0 Å². The van der Waals surface area contributed by atoms with Gasteiger partial charge in [0.1, 0.15) is 23.1 Å². The number of anilines is 2. The molecule has 3 N–H and O–H groups in total. The second-order valence-corrected chi connectivity index (χ2v) is 6.09. The Hall–Kier alpha value is -3.09. The number of rotatable bonds is 6. The Bertz CT molecular complexity index is 958. The molecule has 142 valence electrons. The zero-order valence-corrected chi connectivity index (χ0v) is 16.4. The van der Waals surface area contributed by atoms with Crippen molar-refractivity contribution < 1.29 is 9.47 Å². The first-order valence-electron chi connectivity index (χ1n) is 8.95. The largest absolute Gasteiger partial charge is 0.496 e. The Morgan fingerprint density at radius 3 is 2.15 bits per heavy atom. The molecule has 0 bridgehead atoms. The van der Waals surface area contributed by atoms with Gasteiger partial charge in [-0.15, -0.1) is 0 Å². The van der Waals surface area contributed by atoms with Gasteiger partial charge in [0.15, 0.2) is 5.82 Å². The van der Waals surface area contributed by atoms with Crippen molar-refractivity contribution in [2.24, 2.45) is 0 Å². The molecule has 0 aliphatic heterocycles. The predicted molar refractivity (Wildman–Crippen MR) is 109 cm³/mol. The van der Waals surface area contributed by atoms with Crippen LogP contribution in [0.5, 0.6) is 11.5 Å². The summed E-state index contributed by atoms with van der Waals surface area (Å²) in [6.07, 6.45) is 3.24. The van der Waals surface area contributed by atoms with Gasteiger partial charge < -0.3 is 20.5 Å². The Kier molecular flexibility index (Phi) is 5.30. The van der Waals surface area contributed by atoms with Crippen LogP contribution in [0.3, 0.4) is 0 Å². The van der Waals surface area contributed by atoms with Gasteiger partial charge in [-0.05, 0) is 18.9 Å². The van der Waals surface area contributed by atoms with Crippen molar-refractivity contribution in [2.45, 2.75) is 26.7 Å². The molecule has 0 spiro atoms. The molecule has 2 aromatic heterocycles. The number of nitrogen functional groups attached to an aromatic ring is 1. The molecular formula is C20H25N5O2. The molecule has 3 aromatic rings. The Morgan fingerprint density at radius 1 is 1.00 bits per heavy atom. The molecular weight excluding hydrogens is 342 g/mol. The molecule has 0 amide bonds. The summed E-state index contributed by atoms with van der Waals surface area (Å²) in [6.45, 7) is 4.19. The van der Waals surface area contributed by atoms with Crippen molar-refractivity contribution in [3.63, 3.8) is 0 Å². The van der Waals surface area contributed by atoms with E-state index in [0.29, 0.717) is 17.5 Å². The molecule has 0 aliphatic rings. The number of hydrogen-bond donors (Lipinski definition) is 2. The van der Waals surface area contributed by atoms with E-state index in [4.69, 9.17) is 25.2 Å². The molecule has 0 fully saturated rings. The molecule has 27 heavy (non-hydrogen) atoms. The first kappa shape index (κ1) is 18.7. The summed E-state index contributed by atoms with van der Waals surface area (Å²) < 4.78 is 11.2. The molecule has 0 atom stereocenters. The molecule has 0 saturated heterocycles. The van der Waals surface area contributed by atoms with Crippen LogP contribution in [-0.4, -0.2) is 36.2 Å². The highest BCUT2D eigenvalue weighted by Gasteiger charge is 2.22. The van der Waals surface area contributed by atoms with Gasteiger partial charge in [-0.3, -0.25) is 0 Å². The minimum Gasteiger partial charge on any atom is -0.496 e. The van der Waals surface area contributed by atoms with Gasteiger partial charge in [-0.1, -0.05) is 13.8 Å². The van der Waals surface area contributed by atoms with E-state index in [0.717, 1.165) is 51.9 Å². The van der Waals surface area contributed by atoms with Gasteiger partial charge in [0.25, 0.3) is 0 Å². The van der Waals surface area contributed by atoms with E-state index in [1.54, 1.807) is 26.5 Å². The van der Waals surface area contributed by atoms with Crippen LogP contribution in [0.15, 0.2) is 18.3 Å². The normalized spacial score (nSPS) is 10.9. The van der Waals surface area contributed by atoms with Crippen LogP contribution in [-0.2, 0) is 12.8 Å². The highest BCUT2D eigenvalue weighted by molar-refractivity contribution is 5.92. The monoisotopic (exact) mass is 367 g/mol. The lowest BCUT2D eigenvalue weighted by molar-refractivity contribution is 0.389. The van der Waals surface area contributed by atoms with Crippen LogP contribution in [0.2, 0.25) is 0 Å². The average molecular weight is 367 g/mol. The Balaban J connectivity index is 2.40. The van der Waals surface area contributed by atoms with Gasteiger partial charge in [0.05, 0.1) is 25.9 Å². The molecule has 0 aliphatic carbocycles. The number of nitrogens with two attached hydrogens (primary N) is 1. The number of methoxy groups -OCH3 is 2. The van der Waals surface area contributed by atoms with E-state index < -0.39 is 0 Å². The van der Waals surface area contributed by atoms with Crippen LogP contribution in [0.1, 0.15) is 25.0 Å². The number of nitrogens with one attached hydrogen (secondary N) is 1. The van der Waals surface area contributed by atoms with E-state index in [1.165, 1.54) is 0 Å². The zero-order chi connectivity index (χ0) is 19.6. The number of nitrogens with zero attached hydrogens (tertiary/aromatic N) is 3. The first-order chi connectivity index (χ1) is 13.1. The number of pyridine rings is 1. The summed E-state index contributed by atoms with van der Waals surface area (Å²) in [5.74, 6) is 3.29. The summed E-state index contributed by atoms with van der Waals surface area (Å²) in [4.78, 5) is 13.7. The van der Waals surface area contributed by atoms with Crippen molar-refractivity contribution in [1.29, 1.82) is 0 Å². The number of ether oxygens (including phenoxy) is 2. The van der Waals surface area contributed by atoms with E-state index >= 15 is 0 Å². The summed E-state index contributed by atoms with van der Waals surface area (Å²) >= 11 is 0. The summed E-state index contributed by atoms with van der Waals surface area (Å²) in [6, 6.07) is 3.71. The second kappa shape index (κ2) is 7.65. The minimum atomic E-state index is 0.432. The summed E-state index contributed by atoms with van der Waals surface area (Å²) in [5.41, 5.74) is 9.62. The van der Waals surface area contributed by atoms with Gasteiger partial charge >= 0.3 is 0 Å². The SMILES string of the molecule is CCc1c(OC)cc(OC)c(CC)c1-c1nc(NC)c2cc(N)ncc2n1. The summed E-state index contributed by atoms with van der Waals surface area (Å²) in [7, 11) is 5.16. The Labute approximate surface area is 159 Å². The first-order valence-corrected chi connectivity index (χ1v) is 8.95. The van der Waals surface area contributed by atoms with E-state index in [9.17, 15) is 0 Å². The highest BCUT2D eigenvalue weighted by atomic mass is 16.5. The lowest BCUT2D eigenvalue weighted by Crippen LogP contribution is -2.06. The molecule has 0 unspecified atom stereocenters. The van der Waals surface area contributed by atoms with Crippen molar-refractivity contribution in [3.8, 4) is 22.9 Å². The third-order valence-corrected chi connectivity index (χ3v) is 4.67. The van der Waals surface area contributed by atoms with Crippen LogP contribution in [0.25, 0.3) is 22.3 Å². The van der Waals surface area contributed by atoms with E-state index in [1.807, 2.05) is 13.1 Å². The Morgan fingerprint density at radius 2 is 1.63 bits per heavy atom. The fourth-order valence-electron chi connectivity index (χ4n) is 3.41. The lowest BCUT2D eigenvalue weighted by Gasteiger charge is -2.20. The van der Waals surface area contributed by atoms with Gasteiger partial charge in [0.2, 0.25) is 0 Å². The third-order valence-electron chi connectivity index (χ3n) is 4.67. The van der Waals surface area contributed by atoms with Crippen molar-refractivity contribution in [1.82, 2.24) is 15.0 Å². The maximum atomic E-state index is 5.84. The van der Waals surface area contributed by atoms with Crippen LogP contribution < -0.4 is 20.5 Å². The third kappa shape index (κ3) is 3.20. The number of benzene rings is 1. The smallest absolute Gasteiger partial charge is 0.163 e. The quantitative estimate of drug-likeness (QED) is 0.689. The standard InChI is InChI=1S/C20H25N5O2/c1-6-11-15(26-4)9-16(27-5)12(7-2)18(11)20-24-14-10-23-17(21)8-13(14)19(22-3)25-20/h8-10H,6-7H2,1-5H3,(H2,21,23)(H,22,24,25). The van der Waals surface area contributed by atoms with Crippen molar-refractivity contribution in [3.05, 3.63) is 29.5 Å². The fraction of sp³-hybridized carbons (Fsp3) is 0.350. The van der Waals surface area contributed by atoms with Gasteiger partial charge in [0, 0.05) is 35.2 Å². The highest BCUT2D eigenvalue weighted by Crippen LogP contribution is 2.40. The number of hydrogen-bond acceptors (Lipinski definition) is 7. The second-order valence-electron chi connectivity index (χ2n) is 6.09. The number of fused-ring (bicyclic) bond motifs is 1. The van der Waals surface area contributed by atoms with Crippen LogP contribution in [0, 0.1) is 0 Å². The zero-order valence-electron chi connectivity index (χ0n) is 16.4. The van der Waals surface area contributed by atoms with Gasteiger partial charge in [-0.2, -0.15) is 0 Å². The van der Waals surface area contributed by atoms with E-state index in [-0.39, 0.29) is 0 Å². The van der Waals surface area contributed by atoms with Crippen molar-refractivity contribution in [2.75, 3.05) is 32.3 Å². The van der Waals surface area contributed by atoms with Crippen molar-refractivity contribution >= 4 is 22.5 Å². The maximum Gasteiger partial charge on any atom is 0.163 e. The molecule has 0 saturated carbocycles. The topological polar surface area (TPSA) is 95.2 Å². The maximum absolute atomic E-state index is 5.84. The van der Waals surface area contributed by atoms with Crippen LogP contribution >= 0.6 is 0 Å². The van der Waals surface area contributed by atoms with Crippen LogP contribution in [0.4, 0.5) is 11.6 Å². The lowest BCUT2D eigenvalue weighted by atomic mass is 9.94. The predicted octanol–water partition coefficient (Wildman–Crippen LogP) is 3.46. The molecule has 7 heteroatoms. The molecule has 0 radical (unpaired) electrons. The fourth-order valence-corrected chi connectivity index (χ4v) is 3.41. The summed E-state index contributed by atoms with van der Waals surface area (Å²) in [5, 5.41) is 3.98. The average Bonchev–Trinajstić information content (AvgIpc) is 2.71. The minimum absolute atomic E-state index is 0.432. The molecule has 1 aromatic carbocycles. The molecule has 7 nitrogen and oxygen atoms in total. The molecule has 2 heterocycles.